The highest BCUT2D eigenvalue weighted by molar-refractivity contribution is 6.16. The molecule has 0 unspecified atom stereocenters. The van der Waals surface area contributed by atoms with Crippen molar-refractivity contribution in [2.45, 2.75) is 0 Å². The highest BCUT2D eigenvalue weighted by atomic mass is 15.1. The van der Waals surface area contributed by atoms with Gasteiger partial charge in [0.2, 0.25) is 0 Å². The van der Waals surface area contributed by atoms with Gasteiger partial charge in [-0.25, -0.2) is 0 Å². The van der Waals surface area contributed by atoms with Gasteiger partial charge in [0.05, 0.1) is 22.1 Å². The van der Waals surface area contributed by atoms with Gasteiger partial charge in [0.15, 0.2) is 0 Å². The van der Waals surface area contributed by atoms with E-state index in [1.54, 1.807) is 0 Å². The molecule has 1 aliphatic rings. The fourth-order valence-corrected chi connectivity index (χ4v) is 11.2. The van der Waals surface area contributed by atoms with Crippen LogP contribution in [0.3, 0.4) is 0 Å². The van der Waals surface area contributed by atoms with Crippen LogP contribution in [0.5, 0.6) is 0 Å². The third kappa shape index (κ3) is 6.21. The first kappa shape index (κ1) is 39.0. The standard InChI is InChI=1S/C66H43N3/c1-4-19-45(20-5-1)65(46-21-6-2-7-22-46)66-57-29-13-12-26-53(57)54-37-34-50(43-60(54)66)67(51-35-38-63-58(41-51)55-27-14-16-30-61(55)68(63)48-24-8-3-9-25-48)52-36-39-64-59(42-52)56-28-15-17-31-62(56)69(64)49-33-32-44-18-10-11-23-47(44)40-49/h1-43H. The molecule has 0 aliphatic heterocycles. The number of hydrogen-bond donors (Lipinski definition) is 0. The number of aromatic nitrogens is 2. The van der Waals surface area contributed by atoms with Crippen LogP contribution in [0.1, 0.15) is 22.3 Å². The Balaban J connectivity index is 1.03. The van der Waals surface area contributed by atoms with Gasteiger partial charge in [0.25, 0.3) is 0 Å². The minimum Gasteiger partial charge on any atom is -0.310 e. The quantitative estimate of drug-likeness (QED) is 0.155. The Labute approximate surface area is 400 Å². The lowest BCUT2D eigenvalue weighted by molar-refractivity contribution is 1.18. The molecule has 0 saturated heterocycles. The zero-order valence-electron chi connectivity index (χ0n) is 37.7. The van der Waals surface area contributed by atoms with Crippen LogP contribution in [0, 0.1) is 0 Å². The van der Waals surface area contributed by atoms with Crippen molar-refractivity contribution in [2.75, 3.05) is 4.90 Å². The van der Waals surface area contributed by atoms with Crippen LogP contribution in [0.2, 0.25) is 0 Å². The summed E-state index contributed by atoms with van der Waals surface area (Å²) in [5.74, 6) is 0. The third-order valence-electron chi connectivity index (χ3n) is 14.2. The Kier molecular flexibility index (Phi) is 8.90. The number of hydrogen-bond acceptors (Lipinski definition) is 1. The Hall–Kier alpha value is -9.18. The molecule has 1 aliphatic carbocycles. The van der Waals surface area contributed by atoms with Gasteiger partial charge in [-0.05, 0) is 140 Å². The van der Waals surface area contributed by atoms with Crippen LogP contribution < -0.4 is 4.90 Å². The number of nitrogens with zero attached hydrogens (tertiary/aromatic N) is 3. The molecule has 0 bridgehead atoms. The first-order chi connectivity index (χ1) is 34.2. The summed E-state index contributed by atoms with van der Waals surface area (Å²) in [6.45, 7) is 0. The van der Waals surface area contributed by atoms with Gasteiger partial charge < -0.3 is 14.0 Å². The van der Waals surface area contributed by atoms with E-state index >= 15 is 0 Å². The fraction of sp³-hybridized carbons (Fsp3) is 0. The van der Waals surface area contributed by atoms with E-state index in [1.165, 1.54) is 98.9 Å². The van der Waals surface area contributed by atoms with E-state index in [-0.39, 0.29) is 0 Å². The van der Waals surface area contributed by atoms with Gasteiger partial charge in [0, 0.05) is 50.0 Å². The van der Waals surface area contributed by atoms with Crippen molar-refractivity contribution in [3.63, 3.8) is 0 Å². The Bertz CT molecular complexity index is 4140. The number of para-hydroxylation sites is 3. The molecule has 13 aromatic rings. The maximum Gasteiger partial charge on any atom is 0.0542 e. The summed E-state index contributed by atoms with van der Waals surface area (Å²) in [6.07, 6.45) is 0. The van der Waals surface area contributed by atoms with Crippen molar-refractivity contribution >= 4 is 82.6 Å². The number of benzene rings is 11. The zero-order valence-corrected chi connectivity index (χ0v) is 37.7. The first-order valence-electron chi connectivity index (χ1n) is 23.8. The molecule has 69 heavy (non-hydrogen) atoms. The predicted octanol–water partition coefficient (Wildman–Crippen LogP) is 17.5. The molecule has 0 saturated carbocycles. The molecule has 3 heteroatoms. The first-order valence-corrected chi connectivity index (χ1v) is 23.8. The highest BCUT2D eigenvalue weighted by Gasteiger charge is 2.29. The zero-order chi connectivity index (χ0) is 45.4. The van der Waals surface area contributed by atoms with Crippen molar-refractivity contribution in [3.8, 4) is 22.5 Å². The van der Waals surface area contributed by atoms with Crippen molar-refractivity contribution < 1.29 is 0 Å². The fourth-order valence-electron chi connectivity index (χ4n) is 11.2. The third-order valence-corrected chi connectivity index (χ3v) is 14.2. The van der Waals surface area contributed by atoms with E-state index < -0.39 is 0 Å². The van der Waals surface area contributed by atoms with Gasteiger partial charge in [-0.1, -0.05) is 176 Å². The highest BCUT2D eigenvalue weighted by Crippen LogP contribution is 2.51. The summed E-state index contributed by atoms with van der Waals surface area (Å²) in [6, 6.07) is 95.7. The molecule has 0 atom stereocenters. The van der Waals surface area contributed by atoms with Gasteiger partial charge >= 0.3 is 0 Å². The van der Waals surface area contributed by atoms with Gasteiger partial charge in [-0.15, -0.1) is 0 Å². The van der Waals surface area contributed by atoms with Crippen LogP contribution >= 0.6 is 0 Å². The number of fused-ring (bicyclic) bond motifs is 10. The second kappa shape index (κ2) is 15.7. The lowest BCUT2D eigenvalue weighted by Gasteiger charge is -2.27. The smallest absolute Gasteiger partial charge is 0.0542 e. The van der Waals surface area contributed by atoms with Crippen LogP contribution in [-0.2, 0) is 0 Å². The second-order valence-electron chi connectivity index (χ2n) is 18.1. The minimum atomic E-state index is 1.09. The van der Waals surface area contributed by atoms with E-state index in [2.05, 4.69) is 275 Å². The molecule has 2 aromatic heterocycles. The van der Waals surface area contributed by atoms with Crippen LogP contribution in [-0.4, -0.2) is 9.13 Å². The lowest BCUT2D eigenvalue weighted by atomic mass is 9.88. The molecule has 0 amide bonds. The van der Waals surface area contributed by atoms with E-state index in [4.69, 9.17) is 0 Å². The molecule has 0 N–H and O–H groups in total. The van der Waals surface area contributed by atoms with E-state index in [0.717, 1.165) is 28.4 Å². The molecule has 0 fully saturated rings. The van der Waals surface area contributed by atoms with E-state index in [9.17, 15) is 0 Å². The maximum absolute atomic E-state index is 2.47. The average molecular weight is 878 g/mol. The van der Waals surface area contributed by atoms with Crippen molar-refractivity contribution in [3.05, 3.63) is 283 Å². The summed E-state index contributed by atoms with van der Waals surface area (Å²) in [7, 11) is 0. The second-order valence-corrected chi connectivity index (χ2v) is 18.1. The molecule has 11 aromatic carbocycles. The van der Waals surface area contributed by atoms with Gasteiger partial charge in [0.1, 0.15) is 0 Å². The molecule has 0 spiro atoms. The summed E-state index contributed by atoms with van der Waals surface area (Å²) < 4.78 is 4.82. The largest absolute Gasteiger partial charge is 0.310 e. The van der Waals surface area contributed by atoms with Gasteiger partial charge in [-0.3, -0.25) is 0 Å². The van der Waals surface area contributed by atoms with Crippen molar-refractivity contribution in [1.29, 1.82) is 0 Å². The van der Waals surface area contributed by atoms with Crippen molar-refractivity contribution in [1.82, 2.24) is 9.13 Å². The molecule has 14 rings (SSSR count). The van der Waals surface area contributed by atoms with Crippen LogP contribution in [0.25, 0.3) is 88.0 Å². The van der Waals surface area contributed by atoms with E-state index in [1.807, 2.05) is 0 Å². The minimum absolute atomic E-state index is 1.09. The SMILES string of the molecule is c1ccc(C(=C2c3ccccc3-c3ccc(N(c4ccc5c(c4)c4ccccc4n5-c4ccccc4)c4ccc5c(c4)c4ccccc4n5-c4ccc5ccccc5c4)cc32)c2ccccc2)cc1. The Morgan fingerprint density at radius 3 is 1.38 bits per heavy atom. The Morgan fingerprint density at radius 2 is 0.739 bits per heavy atom. The van der Waals surface area contributed by atoms with Crippen LogP contribution in [0.15, 0.2) is 261 Å². The predicted molar refractivity (Wildman–Crippen MR) is 291 cm³/mol. The van der Waals surface area contributed by atoms with Gasteiger partial charge in [-0.2, -0.15) is 0 Å². The molecule has 2 heterocycles. The summed E-state index contributed by atoms with van der Waals surface area (Å²) in [5, 5.41) is 7.30. The molecule has 322 valence electrons. The maximum atomic E-state index is 2.47. The Morgan fingerprint density at radius 1 is 0.275 bits per heavy atom. The summed E-state index contributed by atoms with van der Waals surface area (Å²) in [4.78, 5) is 2.47. The monoisotopic (exact) mass is 877 g/mol. The normalized spacial score (nSPS) is 12.0. The number of anilines is 3. The molecule has 3 nitrogen and oxygen atoms in total. The molecular formula is C66H43N3. The van der Waals surface area contributed by atoms with Crippen LogP contribution in [0.4, 0.5) is 17.1 Å². The molecule has 0 radical (unpaired) electrons. The van der Waals surface area contributed by atoms with Crippen molar-refractivity contribution in [2.24, 2.45) is 0 Å². The topological polar surface area (TPSA) is 13.1 Å². The number of rotatable bonds is 7. The average Bonchev–Trinajstić information content (AvgIpc) is 4.05. The summed E-state index contributed by atoms with van der Waals surface area (Å²) in [5.41, 5.74) is 20.1. The lowest BCUT2D eigenvalue weighted by Crippen LogP contribution is -2.10. The molecular weight excluding hydrogens is 835 g/mol. The van der Waals surface area contributed by atoms with E-state index in [0.29, 0.717) is 0 Å². The summed E-state index contributed by atoms with van der Waals surface area (Å²) >= 11 is 0.